The molecule has 1 saturated heterocycles. The van der Waals surface area contributed by atoms with Crippen molar-refractivity contribution in [2.75, 3.05) is 33.0 Å². The molecule has 95 valence electrons. The van der Waals surface area contributed by atoms with E-state index in [-0.39, 0.29) is 0 Å². The van der Waals surface area contributed by atoms with Crippen molar-refractivity contribution in [2.24, 2.45) is 0 Å². The third-order valence-corrected chi connectivity index (χ3v) is 4.22. The lowest BCUT2D eigenvalue weighted by Gasteiger charge is -2.12. The first-order valence-electron chi connectivity index (χ1n) is 6.17. The smallest absolute Gasteiger partial charge is 0.384 e. The summed E-state index contributed by atoms with van der Waals surface area (Å²) >= 11 is 0. The second kappa shape index (κ2) is 9.12. The molecule has 4 nitrogen and oxygen atoms in total. The van der Waals surface area contributed by atoms with Gasteiger partial charge < -0.3 is 18.3 Å². The van der Waals surface area contributed by atoms with E-state index < -0.39 is 9.28 Å². The molecule has 0 amide bonds. The average molecular weight is 247 g/mol. The van der Waals surface area contributed by atoms with Crippen LogP contribution in [-0.4, -0.2) is 48.4 Å². The first kappa shape index (κ1) is 14.1. The molecule has 0 aromatic carbocycles. The summed E-state index contributed by atoms with van der Waals surface area (Å²) in [6.45, 7) is 8.00. The average Bonchev–Trinajstić information content (AvgIpc) is 3.07. The predicted octanol–water partition coefficient (Wildman–Crippen LogP) is 1.74. The Morgan fingerprint density at radius 2 is 1.88 bits per heavy atom. The summed E-state index contributed by atoms with van der Waals surface area (Å²) in [5.41, 5.74) is 0. The van der Waals surface area contributed by atoms with Gasteiger partial charge in [0.25, 0.3) is 0 Å². The van der Waals surface area contributed by atoms with Crippen molar-refractivity contribution in [3.05, 3.63) is 0 Å². The lowest BCUT2D eigenvalue weighted by molar-refractivity contribution is 0.113. The zero-order chi connectivity index (χ0) is 11.6. The third-order valence-electron chi connectivity index (χ3n) is 2.24. The summed E-state index contributed by atoms with van der Waals surface area (Å²) in [7, 11) is -1.02. The van der Waals surface area contributed by atoms with Crippen molar-refractivity contribution in [2.45, 2.75) is 38.8 Å². The Kier molecular flexibility index (Phi) is 8.05. The van der Waals surface area contributed by atoms with Gasteiger partial charge in [-0.3, -0.25) is 0 Å². The summed E-state index contributed by atoms with van der Waals surface area (Å²) in [5.74, 6) is 0. The zero-order valence-corrected chi connectivity index (χ0v) is 11.4. The number of hydrogen-bond acceptors (Lipinski definition) is 4. The van der Waals surface area contributed by atoms with Gasteiger partial charge in [0, 0.05) is 19.8 Å². The van der Waals surface area contributed by atoms with Crippen LogP contribution in [0.4, 0.5) is 0 Å². The molecule has 1 atom stereocenters. The Labute approximate surface area is 100 Å². The minimum Gasteiger partial charge on any atom is -0.394 e. The van der Waals surface area contributed by atoms with E-state index in [2.05, 4.69) is 0 Å². The van der Waals surface area contributed by atoms with Gasteiger partial charge in [0.2, 0.25) is 0 Å². The minimum atomic E-state index is -1.02. The molecule has 0 aromatic rings. The van der Waals surface area contributed by atoms with E-state index in [1.54, 1.807) is 0 Å². The van der Waals surface area contributed by atoms with Gasteiger partial charge in [-0.15, -0.1) is 0 Å². The van der Waals surface area contributed by atoms with Crippen LogP contribution in [0, 0.1) is 0 Å². The molecule has 1 heterocycles. The molecule has 1 fully saturated rings. The van der Waals surface area contributed by atoms with Gasteiger partial charge in [-0.2, -0.15) is 0 Å². The molecule has 0 spiro atoms. The van der Waals surface area contributed by atoms with E-state index in [0.29, 0.717) is 6.10 Å². The highest BCUT2D eigenvalue weighted by molar-refractivity contribution is 6.44. The van der Waals surface area contributed by atoms with Gasteiger partial charge >= 0.3 is 9.28 Å². The fourth-order valence-corrected chi connectivity index (χ4v) is 2.92. The molecule has 0 saturated carbocycles. The Bertz CT molecular complexity index is 158. The van der Waals surface area contributed by atoms with Crippen molar-refractivity contribution in [1.29, 1.82) is 0 Å². The summed E-state index contributed by atoms with van der Waals surface area (Å²) in [6.07, 6.45) is 2.59. The Morgan fingerprint density at radius 1 is 1.19 bits per heavy atom. The normalized spacial score (nSPS) is 19.3. The van der Waals surface area contributed by atoms with E-state index in [4.69, 9.17) is 18.3 Å². The van der Waals surface area contributed by atoms with E-state index in [0.717, 1.165) is 51.9 Å². The highest BCUT2D eigenvalue weighted by atomic mass is 28.3. The summed E-state index contributed by atoms with van der Waals surface area (Å²) < 4.78 is 21.6. The number of unbranched alkanes of at least 4 members (excludes halogenated alkanes) is 1. The maximum absolute atomic E-state index is 5.56. The lowest BCUT2D eigenvalue weighted by Crippen LogP contribution is -2.22. The number of hydrogen-bond donors (Lipinski definition) is 0. The van der Waals surface area contributed by atoms with Crippen molar-refractivity contribution >= 4 is 9.28 Å². The quantitative estimate of drug-likeness (QED) is 0.317. The Morgan fingerprint density at radius 3 is 2.44 bits per heavy atom. The molecule has 16 heavy (non-hydrogen) atoms. The Hall–Kier alpha value is 0.0569. The molecule has 5 heteroatoms. The summed E-state index contributed by atoms with van der Waals surface area (Å²) in [6, 6.07) is 1.05. The van der Waals surface area contributed by atoms with E-state index in [1.165, 1.54) is 0 Å². The monoisotopic (exact) mass is 247 g/mol. The minimum absolute atomic E-state index is 0.381. The fraction of sp³-hybridized carbons (Fsp3) is 1.00. The molecule has 0 aromatic heterocycles. The van der Waals surface area contributed by atoms with Crippen molar-refractivity contribution in [3.63, 3.8) is 0 Å². The van der Waals surface area contributed by atoms with Gasteiger partial charge in [0.05, 0.1) is 13.2 Å². The van der Waals surface area contributed by atoms with Crippen LogP contribution in [0.1, 0.15) is 26.7 Å². The van der Waals surface area contributed by atoms with Gasteiger partial charge in [0.15, 0.2) is 0 Å². The third kappa shape index (κ3) is 7.35. The van der Waals surface area contributed by atoms with Gasteiger partial charge in [0.1, 0.15) is 6.10 Å². The SMILES string of the molecule is CCO[Si](CCCCOCC1CO1)OCC. The van der Waals surface area contributed by atoms with Crippen LogP contribution in [0.3, 0.4) is 0 Å². The predicted molar refractivity (Wildman–Crippen MR) is 63.6 cm³/mol. The molecule has 0 bridgehead atoms. The van der Waals surface area contributed by atoms with Crippen LogP contribution in [0.5, 0.6) is 0 Å². The van der Waals surface area contributed by atoms with Crippen LogP contribution in [0.2, 0.25) is 6.04 Å². The van der Waals surface area contributed by atoms with Gasteiger partial charge in [-0.05, 0) is 32.7 Å². The van der Waals surface area contributed by atoms with Gasteiger partial charge in [-0.1, -0.05) is 0 Å². The highest BCUT2D eigenvalue weighted by Crippen LogP contribution is 2.09. The van der Waals surface area contributed by atoms with Crippen LogP contribution < -0.4 is 0 Å². The maximum atomic E-state index is 5.56. The van der Waals surface area contributed by atoms with E-state index in [1.807, 2.05) is 13.8 Å². The topological polar surface area (TPSA) is 40.2 Å². The molecule has 1 aliphatic rings. The molecular weight excluding hydrogens is 224 g/mol. The summed E-state index contributed by atoms with van der Waals surface area (Å²) in [4.78, 5) is 0. The van der Waals surface area contributed by atoms with Gasteiger partial charge in [-0.25, -0.2) is 0 Å². The first-order valence-corrected chi connectivity index (χ1v) is 7.70. The second-order valence-electron chi connectivity index (χ2n) is 3.73. The largest absolute Gasteiger partial charge is 0.394 e. The molecule has 0 N–H and O–H groups in total. The van der Waals surface area contributed by atoms with E-state index >= 15 is 0 Å². The van der Waals surface area contributed by atoms with E-state index in [9.17, 15) is 0 Å². The van der Waals surface area contributed by atoms with Crippen molar-refractivity contribution < 1.29 is 18.3 Å². The number of ether oxygens (including phenoxy) is 2. The Balaban J connectivity index is 1.85. The maximum Gasteiger partial charge on any atom is 0.384 e. The molecule has 1 radical (unpaired) electrons. The highest BCUT2D eigenvalue weighted by Gasteiger charge is 2.22. The van der Waals surface area contributed by atoms with Crippen LogP contribution in [0.25, 0.3) is 0 Å². The summed E-state index contributed by atoms with van der Waals surface area (Å²) in [5, 5.41) is 0. The standard InChI is InChI=1S/C11H23O4Si/c1-3-14-16(15-4-2)8-6-5-7-12-9-11-10-13-11/h11H,3-10H2,1-2H3. The van der Waals surface area contributed by atoms with Crippen LogP contribution in [-0.2, 0) is 18.3 Å². The molecule has 1 rings (SSSR count). The number of rotatable bonds is 11. The second-order valence-corrected chi connectivity index (χ2v) is 5.55. The number of epoxide rings is 1. The van der Waals surface area contributed by atoms with Crippen LogP contribution in [0.15, 0.2) is 0 Å². The van der Waals surface area contributed by atoms with Crippen molar-refractivity contribution in [1.82, 2.24) is 0 Å². The molecule has 1 unspecified atom stereocenters. The molecule has 1 aliphatic heterocycles. The molecule has 0 aliphatic carbocycles. The first-order chi connectivity index (χ1) is 7.86. The fourth-order valence-electron chi connectivity index (χ4n) is 1.36. The molecular formula is C11H23O4Si. The van der Waals surface area contributed by atoms with Crippen molar-refractivity contribution in [3.8, 4) is 0 Å². The zero-order valence-electron chi connectivity index (χ0n) is 10.4. The lowest BCUT2D eigenvalue weighted by atomic mass is 10.3. The van der Waals surface area contributed by atoms with Crippen LogP contribution >= 0.6 is 0 Å².